The summed E-state index contributed by atoms with van der Waals surface area (Å²) in [7, 11) is 0. The molecule has 0 radical (unpaired) electrons. The fourth-order valence-corrected chi connectivity index (χ4v) is 3.35. The molecule has 0 spiro atoms. The Balaban J connectivity index is 1.63. The number of ether oxygens (including phenoxy) is 3. The highest BCUT2D eigenvalue weighted by Crippen LogP contribution is 2.29. The number of unbranched alkanes of at least 4 members (excludes halogenated alkanes) is 8. The Labute approximate surface area is 143 Å². The predicted molar refractivity (Wildman–Crippen MR) is 94.9 cm³/mol. The summed E-state index contributed by atoms with van der Waals surface area (Å²) >= 11 is 0. The van der Waals surface area contributed by atoms with Crippen LogP contribution in [-0.4, -0.2) is 37.6 Å². The molecule has 23 heavy (non-hydrogen) atoms. The monoisotopic (exact) mass is 326 g/mol. The average molecular weight is 327 g/mol. The lowest BCUT2D eigenvalue weighted by Gasteiger charge is -2.23. The van der Waals surface area contributed by atoms with Crippen molar-refractivity contribution in [2.24, 2.45) is 0 Å². The summed E-state index contributed by atoms with van der Waals surface area (Å²) < 4.78 is 17.5. The maximum absolute atomic E-state index is 6.46. The molecule has 2 fully saturated rings. The molecule has 3 nitrogen and oxygen atoms in total. The van der Waals surface area contributed by atoms with Gasteiger partial charge in [0, 0.05) is 0 Å². The minimum atomic E-state index is 0.307. The minimum Gasteiger partial charge on any atom is -0.370 e. The van der Waals surface area contributed by atoms with E-state index in [1.807, 2.05) is 0 Å². The van der Waals surface area contributed by atoms with Crippen molar-refractivity contribution in [1.29, 1.82) is 0 Å². The molecular formula is C20H38O3. The SMILES string of the molecule is CCCCCCCC(OC(CCCCCCC)C1CO1)C1CO1. The standard InChI is InChI=1S/C20H38O3/c1-3-5-7-9-11-13-17(19-15-21-19)23-18(20-16-22-20)14-12-10-8-6-4-2/h17-20H,3-16H2,1-2H3. The smallest absolute Gasteiger partial charge is 0.107 e. The largest absolute Gasteiger partial charge is 0.370 e. The van der Waals surface area contributed by atoms with Gasteiger partial charge in [0.2, 0.25) is 0 Å². The molecule has 0 aliphatic carbocycles. The highest BCUT2D eigenvalue weighted by molar-refractivity contribution is 4.86. The maximum atomic E-state index is 6.46. The van der Waals surface area contributed by atoms with Crippen LogP contribution in [-0.2, 0) is 14.2 Å². The number of epoxide rings is 2. The molecule has 2 aliphatic rings. The molecular weight excluding hydrogens is 288 g/mol. The zero-order chi connectivity index (χ0) is 16.3. The van der Waals surface area contributed by atoms with Crippen LogP contribution in [0, 0.1) is 0 Å². The van der Waals surface area contributed by atoms with E-state index in [0.29, 0.717) is 24.4 Å². The third-order valence-corrected chi connectivity index (χ3v) is 5.08. The molecule has 0 aromatic carbocycles. The van der Waals surface area contributed by atoms with E-state index >= 15 is 0 Å². The van der Waals surface area contributed by atoms with Gasteiger partial charge in [0.15, 0.2) is 0 Å². The Morgan fingerprint density at radius 1 is 0.696 bits per heavy atom. The van der Waals surface area contributed by atoms with Gasteiger partial charge in [-0.25, -0.2) is 0 Å². The Morgan fingerprint density at radius 3 is 1.43 bits per heavy atom. The van der Waals surface area contributed by atoms with Gasteiger partial charge in [0.05, 0.1) is 25.4 Å². The van der Waals surface area contributed by atoms with Gasteiger partial charge in [-0.15, -0.1) is 0 Å². The van der Waals surface area contributed by atoms with Gasteiger partial charge < -0.3 is 14.2 Å². The molecule has 2 saturated heterocycles. The molecule has 2 heterocycles. The van der Waals surface area contributed by atoms with E-state index in [1.54, 1.807) is 0 Å². The van der Waals surface area contributed by atoms with Crippen molar-refractivity contribution in [2.75, 3.05) is 13.2 Å². The Kier molecular flexibility index (Phi) is 9.55. The molecule has 136 valence electrons. The molecule has 0 N–H and O–H groups in total. The molecule has 0 aromatic heterocycles. The van der Waals surface area contributed by atoms with Crippen LogP contribution in [0.25, 0.3) is 0 Å². The van der Waals surface area contributed by atoms with Crippen LogP contribution in [0.3, 0.4) is 0 Å². The van der Waals surface area contributed by atoms with E-state index < -0.39 is 0 Å². The first-order valence-electron chi connectivity index (χ1n) is 10.2. The van der Waals surface area contributed by atoms with E-state index in [9.17, 15) is 0 Å². The van der Waals surface area contributed by atoms with Crippen molar-refractivity contribution in [1.82, 2.24) is 0 Å². The van der Waals surface area contributed by atoms with Crippen molar-refractivity contribution < 1.29 is 14.2 Å². The second kappa shape index (κ2) is 11.4. The number of hydrogen-bond acceptors (Lipinski definition) is 3. The van der Waals surface area contributed by atoms with E-state index in [-0.39, 0.29) is 0 Å². The van der Waals surface area contributed by atoms with Gasteiger partial charge in [-0.3, -0.25) is 0 Å². The van der Waals surface area contributed by atoms with Crippen LogP contribution >= 0.6 is 0 Å². The molecule has 4 atom stereocenters. The highest BCUT2D eigenvalue weighted by Gasteiger charge is 2.39. The summed E-state index contributed by atoms with van der Waals surface area (Å²) in [5, 5.41) is 0. The summed E-state index contributed by atoms with van der Waals surface area (Å²) in [5.41, 5.74) is 0. The van der Waals surface area contributed by atoms with E-state index in [4.69, 9.17) is 14.2 Å². The van der Waals surface area contributed by atoms with Crippen molar-refractivity contribution in [3.8, 4) is 0 Å². The van der Waals surface area contributed by atoms with Crippen LogP contribution < -0.4 is 0 Å². The second-order valence-corrected chi connectivity index (χ2v) is 7.36. The molecule has 4 unspecified atom stereocenters. The van der Waals surface area contributed by atoms with Crippen LogP contribution in [0.4, 0.5) is 0 Å². The minimum absolute atomic E-state index is 0.307. The fourth-order valence-electron chi connectivity index (χ4n) is 3.35. The zero-order valence-corrected chi connectivity index (χ0v) is 15.4. The zero-order valence-electron chi connectivity index (χ0n) is 15.4. The quantitative estimate of drug-likeness (QED) is 0.287. The van der Waals surface area contributed by atoms with Gasteiger partial charge in [0.1, 0.15) is 12.2 Å². The topological polar surface area (TPSA) is 34.3 Å². The normalized spacial score (nSPS) is 25.3. The molecule has 3 heteroatoms. The molecule has 2 aliphatic heterocycles. The van der Waals surface area contributed by atoms with Gasteiger partial charge in [0.25, 0.3) is 0 Å². The summed E-state index contributed by atoms with van der Waals surface area (Å²) in [5.74, 6) is 0. The average Bonchev–Trinajstić information content (AvgIpc) is 3.43. The van der Waals surface area contributed by atoms with Crippen molar-refractivity contribution in [3.05, 3.63) is 0 Å². The van der Waals surface area contributed by atoms with Gasteiger partial charge in [-0.1, -0.05) is 78.1 Å². The van der Waals surface area contributed by atoms with Gasteiger partial charge >= 0.3 is 0 Å². The molecule has 0 saturated carbocycles. The van der Waals surface area contributed by atoms with Gasteiger partial charge in [-0.2, -0.15) is 0 Å². The lowest BCUT2D eigenvalue weighted by atomic mass is 10.0. The lowest BCUT2D eigenvalue weighted by molar-refractivity contribution is -0.0468. The van der Waals surface area contributed by atoms with Crippen molar-refractivity contribution >= 4 is 0 Å². The first-order valence-corrected chi connectivity index (χ1v) is 10.2. The first kappa shape index (κ1) is 19.2. The number of hydrogen-bond donors (Lipinski definition) is 0. The van der Waals surface area contributed by atoms with E-state index in [1.165, 1.54) is 64.2 Å². The molecule has 2 rings (SSSR count). The predicted octanol–water partition coefficient (Wildman–Crippen LogP) is 5.26. The molecule has 0 amide bonds. The third kappa shape index (κ3) is 8.51. The van der Waals surface area contributed by atoms with Crippen LogP contribution in [0.2, 0.25) is 0 Å². The van der Waals surface area contributed by atoms with E-state index in [2.05, 4.69) is 13.8 Å². The Morgan fingerprint density at radius 2 is 1.09 bits per heavy atom. The lowest BCUT2D eigenvalue weighted by Crippen LogP contribution is -2.30. The Bertz CT molecular complexity index is 259. The third-order valence-electron chi connectivity index (χ3n) is 5.08. The highest BCUT2D eigenvalue weighted by atomic mass is 16.6. The van der Waals surface area contributed by atoms with Crippen LogP contribution in [0.1, 0.15) is 90.9 Å². The maximum Gasteiger partial charge on any atom is 0.107 e. The molecule has 0 bridgehead atoms. The first-order chi connectivity index (χ1) is 11.3. The number of rotatable bonds is 16. The van der Waals surface area contributed by atoms with Gasteiger partial charge in [-0.05, 0) is 12.8 Å². The van der Waals surface area contributed by atoms with Crippen molar-refractivity contribution in [3.63, 3.8) is 0 Å². The van der Waals surface area contributed by atoms with Crippen LogP contribution in [0.5, 0.6) is 0 Å². The van der Waals surface area contributed by atoms with Crippen LogP contribution in [0.15, 0.2) is 0 Å². The summed E-state index contributed by atoms with van der Waals surface area (Å²) in [6.45, 7) is 6.33. The van der Waals surface area contributed by atoms with Crippen molar-refractivity contribution in [2.45, 2.75) is 115 Å². The summed E-state index contributed by atoms with van der Waals surface area (Å²) in [6, 6.07) is 0. The second-order valence-electron chi connectivity index (χ2n) is 7.36. The Hall–Kier alpha value is -0.120. The molecule has 0 aromatic rings. The summed E-state index contributed by atoms with van der Waals surface area (Å²) in [4.78, 5) is 0. The fraction of sp³-hybridized carbons (Fsp3) is 1.00. The summed E-state index contributed by atoms with van der Waals surface area (Å²) in [6.07, 6.45) is 17.0. The van der Waals surface area contributed by atoms with E-state index in [0.717, 1.165) is 26.1 Å².